The second kappa shape index (κ2) is 6.20. The van der Waals surface area contributed by atoms with Gasteiger partial charge in [0.1, 0.15) is 12.1 Å². The zero-order valence-corrected chi connectivity index (χ0v) is 17.2. The van der Waals surface area contributed by atoms with Crippen LogP contribution in [0.4, 0.5) is 9.59 Å². The topological polar surface area (TPSA) is 108 Å². The monoisotopic (exact) mass is 414 g/mol. The van der Waals surface area contributed by atoms with Gasteiger partial charge in [-0.15, -0.1) is 0 Å². The molecule has 0 aromatic heterocycles. The molecule has 1 saturated heterocycles. The molecular formula is C22H30N4O4. The molecule has 7 fully saturated rings. The lowest BCUT2D eigenvalue weighted by atomic mass is 9.53. The highest BCUT2D eigenvalue weighted by molar-refractivity contribution is 6.10. The Kier molecular flexibility index (Phi) is 3.85. The Hall–Kier alpha value is -2.12. The van der Waals surface area contributed by atoms with Gasteiger partial charge in [0.05, 0.1) is 0 Å². The minimum atomic E-state index is -0.807. The Bertz CT molecular complexity index is 784. The van der Waals surface area contributed by atoms with Gasteiger partial charge in [-0.05, 0) is 93.8 Å². The van der Waals surface area contributed by atoms with Crippen LogP contribution in [0.25, 0.3) is 0 Å². The average molecular weight is 415 g/mol. The Balaban J connectivity index is 1.08. The second-order valence-corrected chi connectivity index (χ2v) is 10.9. The van der Waals surface area contributed by atoms with Crippen LogP contribution in [0, 0.1) is 29.6 Å². The Morgan fingerprint density at radius 1 is 0.933 bits per heavy atom. The predicted molar refractivity (Wildman–Crippen MR) is 106 cm³/mol. The summed E-state index contributed by atoms with van der Waals surface area (Å²) in [5.41, 5.74) is -0.994. The standard InChI is InChI=1S/C22H30N4O4/c27-17(11-26-18(28)22(15-1-2-15,16-3-4-16)25-20(26)30)23-19(29)24-21-8-12-5-13(9-21)7-14(6-12)10-21/h12-16H,1-11H2,(H,25,30)(H2,23,24,27,29). The van der Waals surface area contributed by atoms with E-state index in [9.17, 15) is 19.2 Å². The summed E-state index contributed by atoms with van der Waals surface area (Å²) in [7, 11) is 0. The van der Waals surface area contributed by atoms with Crippen LogP contribution in [0.2, 0.25) is 0 Å². The van der Waals surface area contributed by atoms with Crippen molar-refractivity contribution in [2.24, 2.45) is 29.6 Å². The van der Waals surface area contributed by atoms with E-state index >= 15 is 0 Å². The minimum Gasteiger partial charge on any atom is -0.332 e. The second-order valence-electron chi connectivity index (χ2n) is 10.9. The van der Waals surface area contributed by atoms with E-state index in [4.69, 9.17) is 0 Å². The SMILES string of the molecule is O=C(CN1C(=O)NC(C2CC2)(C2CC2)C1=O)NC(=O)NC12CC3CC(CC(C3)C1)C2. The fourth-order valence-corrected chi connectivity index (χ4v) is 7.57. The third-order valence-corrected chi connectivity index (χ3v) is 8.57. The third-order valence-electron chi connectivity index (χ3n) is 8.57. The number of hydrogen-bond donors (Lipinski definition) is 3. The molecule has 30 heavy (non-hydrogen) atoms. The summed E-state index contributed by atoms with van der Waals surface area (Å²) >= 11 is 0. The molecule has 0 aromatic rings. The summed E-state index contributed by atoms with van der Waals surface area (Å²) < 4.78 is 0. The molecule has 0 aromatic carbocycles. The number of rotatable bonds is 5. The van der Waals surface area contributed by atoms with Crippen LogP contribution in [-0.4, -0.2) is 46.4 Å². The highest BCUT2D eigenvalue weighted by Gasteiger charge is 2.65. The van der Waals surface area contributed by atoms with Crippen molar-refractivity contribution in [3.8, 4) is 0 Å². The fraction of sp³-hybridized carbons (Fsp3) is 0.818. The van der Waals surface area contributed by atoms with E-state index in [2.05, 4.69) is 16.0 Å². The summed E-state index contributed by atoms with van der Waals surface area (Å²) in [4.78, 5) is 51.7. The number of carbonyl (C=O) groups excluding carboxylic acids is 4. The van der Waals surface area contributed by atoms with Crippen molar-refractivity contribution in [1.29, 1.82) is 0 Å². The first-order valence-electron chi connectivity index (χ1n) is 11.6. The molecule has 0 atom stereocenters. The summed E-state index contributed by atoms with van der Waals surface area (Å²) in [6, 6.07) is -1.000. The molecule has 1 heterocycles. The van der Waals surface area contributed by atoms with Gasteiger partial charge in [0.25, 0.3) is 5.91 Å². The minimum absolute atomic E-state index is 0.187. The van der Waals surface area contributed by atoms with Crippen molar-refractivity contribution < 1.29 is 19.2 Å². The van der Waals surface area contributed by atoms with Gasteiger partial charge in [0, 0.05) is 5.54 Å². The smallest absolute Gasteiger partial charge is 0.325 e. The van der Waals surface area contributed by atoms with Crippen molar-refractivity contribution in [2.75, 3.05) is 6.54 Å². The van der Waals surface area contributed by atoms with Crippen LogP contribution in [0.1, 0.15) is 64.2 Å². The van der Waals surface area contributed by atoms with Crippen LogP contribution in [0.3, 0.4) is 0 Å². The molecule has 8 heteroatoms. The summed E-state index contributed by atoms with van der Waals surface area (Å²) in [6.07, 6.45) is 10.6. The van der Waals surface area contributed by atoms with E-state index in [1.165, 1.54) is 19.3 Å². The molecule has 6 saturated carbocycles. The average Bonchev–Trinajstić information content (AvgIpc) is 3.55. The first kappa shape index (κ1) is 18.6. The third kappa shape index (κ3) is 2.86. The highest BCUT2D eigenvalue weighted by atomic mass is 16.2. The number of amides is 6. The van der Waals surface area contributed by atoms with Crippen molar-refractivity contribution in [3.05, 3.63) is 0 Å². The lowest BCUT2D eigenvalue weighted by Crippen LogP contribution is -2.62. The van der Waals surface area contributed by atoms with Crippen LogP contribution in [0.5, 0.6) is 0 Å². The van der Waals surface area contributed by atoms with Crippen LogP contribution < -0.4 is 16.0 Å². The molecule has 8 nitrogen and oxygen atoms in total. The predicted octanol–water partition coefficient (Wildman–Crippen LogP) is 1.89. The number of carbonyl (C=O) groups is 4. The maximum Gasteiger partial charge on any atom is 0.325 e. The first-order chi connectivity index (χ1) is 14.4. The molecule has 7 rings (SSSR count). The molecule has 0 unspecified atom stereocenters. The van der Waals surface area contributed by atoms with Gasteiger partial charge in [-0.3, -0.25) is 19.8 Å². The molecule has 6 aliphatic carbocycles. The Morgan fingerprint density at radius 3 is 1.97 bits per heavy atom. The van der Waals surface area contributed by atoms with Gasteiger partial charge in [0.15, 0.2) is 0 Å². The summed E-state index contributed by atoms with van der Waals surface area (Å²) in [5, 5.41) is 8.39. The van der Waals surface area contributed by atoms with Gasteiger partial charge < -0.3 is 10.6 Å². The van der Waals surface area contributed by atoms with Crippen molar-refractivity contribution in [3.63, 3.8) is 0 Å². The Morgan fingerprint density at radius 2 is 1.47 bits per heavy atom. The lowest BCUT2D eigenvalue weighted by Gasteiger charge is -2.56. The van der Waals surface area contributed by atoms with E-state index in [1.54, 1.807) is 0 Å². The molecule has 1 aliphatic heterocycles. The first-order valence-corrected chi connectivity index (χ1v) is 11.6. The number of hydrogen-bond acceptors (Lipinski definition) is 4. The maximum atomic E-state index is 13.1. The van der Waals surface area contributed by atoms with E-state index in [0.717, 1.165) is 49.8 Å². The Labute approximate surface area is 175 Å². The maximum absolute atomic E-state index is 13.1. The van der Waals surface area contributed by atoms with E-state index < -0.39 is 30.1 Å². The number of nitrogens with zero attached hydrogens (tertiary/aromatic N) is 1. The van der Waals surface area contributed by atoms with Crippen LogP contribution in [-0.2, 0) is 9.59 Å². The molecule has 7 aliphatic rings. The number of urea groups is 2. The van der Waals surface area contributed by atoms with Gasteiger partial charge in [-0.25, -0.2) is 9.59 Å². The van der Waals surface area contributed by atoms with Crippen molar-refractivity contribution in [1.82, 2.24) is 20.9 Å². The zero-order valence-electron chi connectivity index (χ0n) is 17.2. The summed E-state index contributed by atoms with van der Waals surface area (Å²) in [5.74, 6) is 1.56. The zero-order chi connectivity index (χ0) is 20.7. The molecule has 0 radical (unpaired) electrons. The highest BCUT2D eigenvalue weighted by Crippen LogP contribution is 2.56. The quantitative estimate of drug-likeness (QED) is 0.597. The molecule has 4 bridgehead atoms. The lowest BCUT2D eigenvalue weighted by molar-refractivity contribution is -0.136. The number of nitrogens with one attached hydrogen (secondary N) is 3. The van der Waals surface area contributed by atoms with Crippen molar-refractivity contribution >= 4 is 23.9 Å². The molecule has 3 N–H and O–H groups in total. The van der Waals surface area contributed by atoms with E-state index in [1.807, 2.05) is 0 Å². The fourth-order valence-electron chi connectivity index (χ4n) is 7.57. The number of imide groups is 2. The largest absolute Gasteiger partial charge is 0.332 e. The van der Waals surface area contributed by atoms with Gasteiger partial charge in [-0.2, -0.15) is 0 Å². The molecular weight excluding hydrogens is 384 g/mol. The van der Waals surface area contributed by atoms with E-state index in [-0.39, 0.29) is 23.3 Å². The normalized spacial score (nSPS) is 38.5. The van der Waals surface area contributed by atoms with Gasteiger partial charge in [0.2, 0.25) is 5.91 Å². The molecule has 6 amide bonds. The van der Waals surface area contributed by atoms with Crippen LogP contribution >= 0.6 is 0 Å². The summed E-state index contributed by atoms with van der Waals surface area (Å²) in [6.45, 7) is -0.403. The molecule has 0 spiro atoms. The van der Waals surface area contributed by atoms with Crippen molar-refractivity contribution in [2.45, 2.75) is 75.3 Å². The van der Waals surface area contributed by atoms with Gasteiger partial charge in [-0.1, -0.05) is 0 Å². The van der Waals surface area contributed by atoms with E-state index in [0.29, 0.717) is 17.8 Å². The van der Waals surface area contributed by atoms with Crippen LogP contribution in [0.15, 0.2) is 0 Å². The molecule has 162 valence electrons. The van der Waals surface area contributed by atoms with Gasteiger partial charge >= 0.3 is 12.1 Å².